The Bertz CT molecular complexity index is 1870. The molecule has 9 nitrogen and oxygen atoms in total. The average molecular weight is 616 g/mol. The quantitative estimate of drug-likeness (QED) is 0.157. The predicted octanol–water partition coefficient (Wildman–Crippen LogP) is 7.46. The van der Waals surface area contributed by atoms with Gasteiger partial charge in [-0.3, -0.25) is 10.1 Å². The number of alkyl halides is 2. The second kappa shape index (κ2) is 11.2. The molecule has 6 rings (SSSR count). The summed E-state index contributed by atoms with van der Waals surface area (Å²) in [5.74, 6) is 0. The van der Waals surface area contributed by atoms with Crippen molar-refractivity contribution >= 4 is 33.9 Å². The van der Waals surface area contributed by atoms with E-state index in [9.17, 15) is 14.0 Å². The Labute approximate surface area is 258 Å². The SMILES string of the molecule is Cc1c(-c2cn[nH]c2)cccc1C(Nc1cc(Cl)c2ncc(C#N)c(NCC(C)(C)C)c2c1)c1cn(C2(C(F)F)CC2)nn1. The van der Waals surface area contributed by atoms with Crippen molar-refractivity contribution in [3.63, 3.8) is 0 Å². The van der Waals surface area contributed by atoms with Gasteiger partial charge in [0, 0.05) is 35.6 Å². The topological polar surface area (TPSA) is 120 Å². The zero-order valence-corrected chi connectivity index (χ0v) is 25.5. The molecule has 0 radical (unpaired) electrons. The third kappa shape index (κ3) is 5.46. The third-order valence-electron chi connectivity index (χ3n) is 8.08. The molecule has 0 bridgehead atoms. The molecule has 3 aromatic heterocycles. The molecule has 12 heteroatoms. The number of anilines is 2. The van der Waals surface area contributed by atoms with Crippen LogP contribution in [-0.2, 0) is 5.54 Å². The van der Waals surface area contributed by atoms with Crippen molar-refractivity contribution in [2.45, 2.75) is 58.5 Å². The summed E-state index contributed by atoms with van der Waals surface area (Å²) >= 11 is 6.79. The maximum absolute atomic E-state index is 14.0. The highest BCUT2D eigenvalue weighted by molar-refractivity contribution is 6.35. The standard InChI is InChI=1S/C32H32ClF2N9/c1-18-22(20-14-39-40-15-20)6-5-7-23(18)29(26-16-44(43-42-26)32(8-9-32)30(34)35)41-21-10-24-27(38-17-31(2,3)4)19(12-36)13-37-28(24)25(33)11-21/h5-7,10-11,13-16,29-30,41H,8-9,17H2,1-4H3,(H,37,38)(H,39,40). The van der Waals surface area contributed by atoms with Gasteiger partial charge < -0.3 is 10.6 Å². The van der Waals surface area contributed by atoms with Crippen LogP contribution in [0.2, 0.25) is 5.02 Å². The van der Waals surface area contributed by atoms with E-state index in [1.54, 1.807) is 18.5 Å². The molecule has 1 unspecified atom stereocenters. The summed E-state index contributed by atoms with van der Waals surface area (Å²) in [6, 6.07) is 11.2. The first-order valence-corrected chi connectivity index (χ1v) is 14.7. The molecule has 1 aliphatic carbocycles. The van der Waals surface area contributed by atoms with Crippen molar-refractivity contribution in [3.8, 4) is 17.2 Å². The molecule has 1 atom stereocenters. The van der Waals surface area contributed by atoms with E-state index in [0.29, 0.717) is 57.9 Å². The van der Waals surface area contributed by atoms with Crippen LogP contribution in [-0.4, -0.2) is 43.1 Å². The molecule has 0 spiro atoms. The number of fused-ring (bicyclic) bond motifs is 1. The molecule has 1 aliphatic rings. The summed E-state index contributed by atoms with van der Waals surface area (Å²) < 4.78 is 29.3. The number of hydrogen-bond donors (Lipinski definition) is 3. The number of pyridine rings is 1. The highest BCUT2D eigenvalue weighted by Crippen LogP contribution is 2.48. The monoisotopic (exact) mass is 615 g/mol. The van der Waals surface area contributed by atoms with Crippen LogP contribution in [0.1, 0.15) is 62.0 Å². The number of aromatic amines is 1. The number of rotatable bonds is 9. The molecule has 5 aromatic rings. The number of aromatic nitrogens is 6. The summed E-state index contributed by atoms with van der Waals surface area (Å²) in [6.45, 7) is 8.93. The molecule has 3 N–H and O–H groups in total. The van der Waals surface area contributed by atoms with Gasteiger partial charge in [-0.15, -0.1) is 5.10 Å². The van der Waals surface area contributed by atoms with Gasteiger partial charge in [-0.1, -0.05) is 55.8 Å². The number of nitrogens with zero attached hydrogens (tertiary/aromatic N) is 6. The maximum Gasteiger partial charge on any atom is 0.263 e. The lowest BCUT2D eigenvalue weighted by Crippen LogP contribution is -2.26. The largest absolute Gasteiger partial charge is 0.383 e. The summed E-state index contributed by atoms with van der Waals surface area (Å²) in [6.07, 6.45) is 4.84. The summed E-state index contributed by atoms with van der Waals surface area (Å²) in [4.78, 5) is 4.47. The lowest BCUT2D eigenvalue weighted by atomic mass is 9.92. The number of hydrogen-bond acceptors (Lipinski definition) is 7. The van der Waals surface area contributed by atoms with Crippen LogP contribution in [0.3, 0.4) is 0 Å². The van der Waals surface area contributed by atoms with Crippen LogP contribution < -0.4 is 10.6 Å². The molecule has 3 heterocycles. The van der Waals surface area contributed by atoms with E-state index in [4.69, 9.17) is 11.6 Å². The zero-order chi connectivity index (χ0) is 31.2. The van der Waals surface area contributed by atoms with Gasteiger partial charge in [0.05, 0.1) is 40.2 Å². The fourth-order valence-corrected chi connectivity index (χ4v) is 5.70. The number of benzene rings is 2. The molecule has 226 valence electrons. The molecule has 2 aromatic carbocycles. The van der Waals surface area contributed by atoms with Gasteiger partial charge in [0.15, 0.2) is 0 Å². The second-order valence-electron chi connectivity index (χ2n) is 12.5. The molecule has 0 saturated heterocycles. The molecular weight excluding hydrogens is 584 g/mol. The maximum atomic E-state index is 14.0. The van der Waals surface area contributed by atoms with Crippen LogP contribution in [0.4, 0.5) is 20.2 Å². The van der Waals surface area contributed by atoms with E-state index in [1.807, 2.05) is 37.4 Å². The molecular formula is C32H32ClF2N9. The van der Waals surface area contributed by atoms with Gasteiger partial charge in [-0.2, -0.15) is 10.4 Å². The smallest absolute Gasteiger partial charge is 0.263 e. The highest BCUT2D eigenvalue weighted by Gasteiger charge is 2.54. The van der Waals surface area contributed by atoms with Gasteiger partial charge in [-0.25, -0.2) is 13.5 Å². The highest BCUT2D eigenvalue weighted by atomic mass is 35.5. The number of halogens is 3. The van der Waals surface area contributed by atoms with Gasteiger partial charge in [0.25, 0.3) is 6.43 Å². The summed E-state index contributed by atoms with van der Waals surface area (Å²) in [5, 5.41) is 33.5. The van der Waals surface area contributed by atoms with E-state index in [1.165, 1.54) is 10.9 Å². The van der Waals surface area contributed by atoms with Crippen LogP contribution >= 0.6 is 11.6 Å². The average Bonchev–Trinajstić information content (AvgIpc) is 3.36. The Hall–Kier alpha value is -4.56. The zero-order valence-electron chi connectivity index (χ0n) is 24.8. The molecule has 1 fully saturated rings. The van der Waals surface area contributed by atoms with Crippen LogP contribution in [0.5, 0.6) is 0 Å². The van der Waals surface area contributed by atoms with Crippen molar-refractivity contribution in [3.05, 3.63) is 82.5 Å². The number of nitriles is 1. The van der Waals surface area contributed by atoms with Crippen LogP contribution in [0.15, 0.2) is 55.1 Å². The third-order valence-corrected chi connectivity index (χ3v) is 8.37. The Kier molecular flexibility index (Phi) is 7.49. The van der Waals surface area contributed by atoms with Crippen LogP contribution in [0, 0.1) is 23.7 Å². The second-order valence-corrected chi connectivity index (χ2v) is 12.9. The van der Waals surface area contributed by atoms with E-state index in [2.05, 4.69) is 63.0 Å². The van der Waals surface area contributed by atoms with Gasteiger partial charge >= 0.3 is 0 Å². The predicted molar refractivity (Wildman–Crippen MR) is 167 cm³/mol. The lowest BCUT2D eigenvalue weighted by Gasteiger charge is -2.23. The van der Waals surface area contributed by atoms with Crippen molar-refractivity contribution in [1.82, 2.24) is 30.2 Å². The minimum absolute atomic E-state index is 0.0480. The van der Waals surface area contributed by atoms with Crippen molar-refractivity contribution in [1.29, 1.82) is 5.26 Å². The first-order valence-electron chi connectivity index (χ1n) is 14.3. The fraction of sp³-hybridized carbons (Fsp3) is 0.344. The number of H-pyrrole nitrogens is 1. The van der Waals surface area contributed by atoms with Gasteiger partial charge in [-0.05, 0) is 54.0 Å². The fourth-order valence-electron chi connectivity index (χ4n) is 5.43. The normalized spacial score (nSPS) is 14.9. The van der Waals surface area contributed by atoms with E-state index >= 15 is 0 Å². The van der Waals surface area contributed by atoms with Crippen molar-refractivity contribution in [2.75, 3.05) is 17.2 Å². The summed E-state index contributed by atoms with van der Waals surface area (Å²) in [5.41, 5.74) is 5.08. The van der Waals surface area contributed by atoms with E-state index in [-0.39, 0.29) is 5.41 Å². The van der Waals surface area contributed by atoms with Crippen molar-refractivity contribution < 1.29 is 8.78 Å². The first-order chi connectivity index (χ1) is 21.0. The Morgan fingerprint density at radius 3 is 2.66 bits per heavy atom. The minimum Gasteiger partial charge on any atom is -0.383 e. The van der Waals surface area contributed by atoms with Crippen molar-refractivity contribution in [2.24, 2.45) is 5.41 Å². The van der Waals surface area contributed by atoms with Gasteiger partial charge in [0.1, 0.15) is 17.3 Å². The molecule has 0 aliphatic heterocycles. The van der Waals surface area contributed by atoms with Gasteiger partial charge in [0.2, 0.25) is 0 Å². The first kappa shape index (κ1) is 29.5. The molecule has 1 saturated carbocycles. The Morgan fingerprint density at radius 2 is 2.00 bits per heavy atom. The van der Waals surface area contributed by atoms with E-state index < -0.39 is 18.0 Å². The lowest BCUT2D eigenvalue weighted by molar-refractivity contribution is 0.0593. The minimum atomic E-state index is -2.55. The summed E-state index contributed by atoms with van der Waals surface area (Å²) in [7, 11) is 0. The Morgan fingerprint density at radius 1 is 1.20 bits per heavy atom. The molecule has 44 heavy (non-hydrogen) atoms. The number of nitrogens with one attached hydrogen (secondary N) is 3. The van der Waals surface area contributed by atoms with E-state index in [0.717, 1.165) is 22.3 Å². The van der Waals surface area contributed by atoms with Crippen LogP contribution in [0.25, 0.3) is 22.0 Å². The molecule has 0 amide bonds. The Balaban J connectivity index is 1.48.